The maximum absolute atomic E-state index is 12.0. The number of hydrogen-bond donors (Lipinski definition) is 1. The molecule has 19 heavy (non-hydrogen) atoms. The Balaban J connectivity index is 2.54. The van der Waals surface area contributed by atoms with Crippen molar-refractivity contribution in [3.63, 3.8) is 0 Å². The maximum atomic E-state index is 12.0. The lowest BCUT2D eigenvalue weighted by Crippen LogP contribution is -2.53. The first-order chi connectivity index (χ1) is 9.03. The molecule has 0 aromatic carbocycles. The molecule has 0 radical (unpaired) electrons. The van der Waals surface area contributed by atoms with E-state index in [1.165, 1.54) is 26.4 Å². The Kier molecular flexibility index (Phi) is 6.80. The smallest absolute Gasteiger partial charge is 0.325 e. The molecule has 0 bridgehead atoms. The fourth-order valence-corrected chi connectivity index (χ4v) is 2.75. The predicted molar refractivity (Wildman–Crippen MR) is 78.2 cm³/mol. The largest absolute Gasteiger partial charge is 0.468 e. The summed E-state index contributed by atoms with van der Waals surface area (Å²) in [5.74, 6) is -0.148. The van der Waals surface area contributed by atoms with Crippen LogP contribution >= 0.6 is 0 Å². The third kappa shape index (κ3) is 4.77. The van der Waals surface area contributed by atoms with Gasteiger partial charge in [0.1, 0.15) is 5.54 Å². The van der Waals surface area contributed by atoms with E-state index >= 15 is 0 Å². The molecule has 0 spiro atoms. The Morgan fingerprint density at radius 2 is 2.21 bits per heavy atom. The molecule has 4 heteroatoms. The van der Waals surface area contributed by atoms with Gasteiger partial charge in [0.2, 0.25) is 0 Å². The molecule has 0 saturated carbocycles. The third-order valence-electron chi connectivity index (χ3n) is 4.24. The fraction of sp³-hybridized carbons (Fsp3) is 0.933. The summed E-state index contributed by atoms with van der Waals surface area (Å²) in [5.41, 5.74) is -0.554. The average molecular weight is 270 g/mol. The van der Waals surface area contributed by atoms with Gasteiger partial charge in [0.15, 0.2) is 0 Å². The topological polar surface area (TPSA) is 41.6 Å². The van der Waals surface area contributed by atoms with Gasteiger partial charge in [-0.05, 0) is 52.6 Å². The van der Waals surface area contributed by atoms with Gasteiger partial charge in [-0.25, -0.2) is 0 Å². The quantitative estimate of drug-likeness (QED) is 0.720. The zero-order chi connectivity index (χ0) is 14.3. The minimum atomic E-state index is -0.554. The van der Waals surface area contributed by atoms with E-state index in [4.69, 9.17) is 4.74 Å². The van der Waals surface area contributed by atoms with Gasteiger partial charge in [-0.2, -0.15) is 0 Å². The lowest BCUT2D eigenvalue weighted by Gasteiger charge is -2.36. The van der Waals surface area contributed by atoms with Crippen LogP contribution in [0.3, 0.4) is 0 Å². The van der Waals surface area contributed by atoms with E-state index in [1.54, 1.807) is 0 Å². The third-order valence-corrected chi connectivity index (χ3v) is 4.24. The maximum Gasteiger partial charge on any atom is 0.325 e. The van der Waals surface area contributed by atoms with E-state index in [-0.39, 0.29) is 5.97 Å². The van der Waals surface area contributed by atoms with E-state index in [2.05, 4.69) is 24.1 Å². The minimum Gasteiger partial charge on any atom is -0.468 e. The summed E-state index contributed by atoms with van der Waals surface area (Å²) >= 11 is 0. The van der Waals surface area contributed by atoms with Crippen LogP contribution in [0.25, 0.3) is 0 Å². The monoisotopic (exact) mass is 270 g/mol. The summed E-state index contributed by atoms with van der Waals surface area (Å²) in [6, 6.07) is 0.641. The van der Waals surface area contributed by atoms with Crippen LogP contribution in [0, 0.1) is 0 Å². The van der Waals surface area contributed by atoms with Crippen molar-refractivity contribution in [3.8, 4) is 0 Å². The van der Waals surface area contributed by atoms with Gasteiger partial charge in [-0.1, -0.05) is 13.3 Å². The van der Waals surface area contributed by atoms with Crippen LogP contribution in [0.1, 0.15) is 52.9 Å². The van der Waals surface area contributed by atoms with Gasteiger partial charge < -0.3 is 15.0 Å². The van der Waals surface area contributed by atoms with Crippen LogP contribution in [-0.4, -0.2) is 49.2 Å². The molecule has 112 valence electrons. The molecular formula is C15H30N2O2. The molecule has 0 aliphatic carbocycles. The van der Waals surface area contributed by atoms with Gasteiger partial charge in [0.25, 0.3) is 0 Å². The molecule has 2 unspecified atom stereocenters. The first-order valence-corrected chi connectivity index (χ1v) is 7.61. The van der Waals surface area contributed by atoms with Crippen molar-refractivity contribution in [2.75, 3.05) is 26.7 Å². The molecule has 4 nitrogen and oxygen atoms in total. The Hall–Kier alpha value is -0.610. The SMILES string of the molecule is CCCNC(C)(CCN1CCCCC1C)C(=O)OC. The van der Waals surface area contributed by atoms with Gasteiger partial charge in [-0.15, -0.1) is 0 Å². The van der Waals surface area contributed by atoms with E-state index in [1.807, 2.05) is 6.92 Å². The lowest BCUT2D eigenvalue weighted by atomic mass is 9.95. The molecule has 2 atom stereocenters. The van der Waals surface area contributed by atoms with Gasteiger partial charge >= 0.3 is 5.97 Å². The second kappa shape index (κ2) is 7.85. The van der Waals surface area contributed by atoms with E-state index in [0.29, 0.717) is 6.04 Å². The normalized spacial score (nSPS) is 23.9. The second-order valence-electron chi connectivity index (χ2n) is 5.88. The Morgan fingerprint density at radius 3 is 2.79 bits per heavy atom. The fourth-order valence-electron chi connectivity index (χ4n) is 2.75. The summed E-state index contributed by atoms with van der Waals surface area (Å²) in [6.07, 6.45) is 5.72. The van der Waals surface area contributed by atoms with Crippen molar-refractivity contribution in [3.05, 3.63) is 0 Å². The first-order valence-electron chi connectivity index (χ1n) is 7.61. The van der Waals surface area contributed by atoms with Gasteiger partial charge in [0.05, 0.1) is 7.11 Å². The molecule has 0 amide bonds. The molecule has 0 aromatic heterocycles. The zero-order valence-electron chi connectivity index (χ0n) is 13.0. The highest BCUT2D eigenvalue weighted by atomic mass is 16.5. The summed E-state index contributed by atoms with van der Waals surface area (Å²) in [4.78, 5) is 14.5. The van der Waals surface area contributed by atoms with Crippen LogP contribution in [0.4, 0.5) is 0 Å². The summed E-state index contributed by atoms with van der Waals surface area (Å²) < 4.78 is 4.96. The Morgan fingerprint density at radius 1 is 1.47 bits per heavy atom. The molecular weight excluding hydrogens is 240 g/mol. The number of ether oxygens (including phenoxy) is 1. The zero-order valence-corrected chi connectivity index (χ0v) is 13.0. The van der Waals surface area contributed by atoms with Crippen LogP contribution in [-0.2, 0) is 9.53 Å². The van der Waals surface area contributed by atoms with Crippen molar-refractivity contribution >= 4 is 5.97 Å². The molecule has 1 aliphatic heterocycles. The lowest BCUT2D eigenvalue weighted by molar-refractivity contribution is -0.148. The summed E-state index contributed by atoms with van der Waals surface area (Å²) in [6.45, 7) is 9.32. The number of methoxy groups -OCH3 is 1. The van der Waals surface area contributed by atoms with Crippen LogP contribution in [0.15, 0.2) is 0 Å². The molecule has 0 aromatic rings. The van der Waals surface area contributed by atoms with Crippen molar-refractivity contribution in [2.24, 2.45) is 0 Å². The molecule has 1 saturated heterocycles. The first kappa shape index (κ1) is 16.4. The van der Waals surface area contributed by atoms with Crippen LogP contribution < -0.4 is 5.32 Å². The number of carbonyl (C=O) groups is 1. The average Bonchev–Trinajstić information content (AvgIpc) is 2.43. The van der Waals surface area contributed by atoms with Crippen molar-refractivity contribution in [1.82, 2.24) is 10.2 Å². The molecule has 1 N–H and O–H groups in total. The van der Waals surface area contributed by atoms with E-state index in [0.717, 1.165) is 32.5 Å². The van der Waals surface area contributed by atoms with Crippen molar-refractivity contribution in [1.29, 1.82) is 0 Å². The van der Waals surface area contributed by atoms with Gasteiger partial charge in [0, 0.05) is 12.6 Å². The highest BCUT2D eigenvalue weighted by molar-refractivity contribution is 5.80. The highest BCUT2D eigenvalue weighted by Crippen LogP contribution is 2.20. The van der Waals surface area contributed by atoms with E-state index in [9.17, 15) is 4.79 Å². The number of nitrogens with zero attached hydrogens (tertiary/aromatic N) is 1. The highest BCUT2D eigenvalue weighted by Gasteiger charge is 2.34. The molecule has 1 rings (SSSR count). The number of piperidine rings is 1. The molecule has 1 heterocycles. The molecule has 1 fully saturated rings. The number of esters is 1. The molecule has 1 aliphatic rings. The number of hydrogen-bond acceptors (Lipinski definition) is 4. The predicted octanol–water partition coefficient (Wildman–Crippen LogP) is 2.18. The number of likely N-dealkylation sites (tertiary alicyclic amines) is 1. The van der Waals surface area contributed by atoms with Crippen molar-refractivity contribution in [2.45, 2.75) is 64.5 Å². The number of nitrogens with one attached hydrogen (secondary N) is 1. The van der Waals surface area contributed by atoms with Gasteiger partial charge in [-0.3, -0.25) is 4.79 Å². The summed E-state index contributed by atoms with van der Waals surface area (Å²) in [5, 5.41) is 3.35. The van der Waals surface area contributed by atoms with Crippen LogP contribution in [0.5, 0.6) is 0 Å². The van der Waals surface area contributed by atoms with E-state index < -0.39 is 5.54 Å². The van der Waals surface area contributed by atoms with Crippen molar-refractivity contribution < 1.29 is 9.53 Å². The summed E-state index contributed by atoms with van der Waals surface area (Å²) in [7, 11) is 1.47. The second-order valence-corrected chi connectivity index (χ2v) is 5.88. The number of rotatable bonds is 7. The minimum absolute atomic E-state index is 0.148. The number of carbonyl (C=O) groups excluding carboxylic acids is 1. The van der Waals surface area contributed by atoms with Crippen LogP contribution in [0.2, 0.25) is 0 Å². The standard InChI is InChI=1S/C15H30N2O2/c1-5-10-16-15(3,14(18)19-4)9-12-17-11-7-6-8-13(17)2/h13,16H,5-12H2,1-4H3. The Labute approximate surface area is 117 Å². The Bertz CT molecular complexity index is 283.